The fraction of sp³-hybridized carbons (Fsp3) is 0.778. The summed E-state index contributed by atoms with van der Waals surface area (Å²) in [5, 5.41) is 73.4. The second kappa shape index (κ2) is 17.2. The van der Waals surface area contributed by atoms with Crippen LogP contribution < -0.4 is 4.90 Å². The molecule has 12 rings (SSSR count). The van der Waals surface area contributed by atoms with E-state index in [1.165, 1.54) is 0 Å². The first-order valence-electron chi connectivity index (χ1n) is 25.9. The van der Waals surface area contributed by atoms with E-state index in [0.717, 1.165) is 56.1 Å². The van der Waals surface area contributed by atoms with E-state index in [4.69, 9.17) is 4.74 Å². The fourth-order valence-corrected chi connectivity index (χ4v) is 20.2. The molecular formula is C54H77NO9S2. The first kappa shape index (κ1) is 47.8. The number of carbonyl (C=O) groups is 2. The second-order valence-electron chi connectivity index (χ2n) is 23.6. The minimum atomic E-state index is -1.48. The number of nitrogens with zero attached hydrogens (tertiary/aromatic N) is 1. The molecule has 6 aliphatic carbocycles. The SMILES string of the molecule is CCCCCC1CN2C(=O)C13C(CO)CCCC3CSSCC13CC(O)C(O)CC1(C)C1CC4C=CCC(O)(C5OC5C(C)C(C)C)C5CCC(O)(C1=CC3=O)C45CCc1cc(O)cc2c1. The number of hydrogen-bond acceptors (Lipinski definition) is 11. The van der Waals surface area contributed by atoms with Crippen LogP contribution >= 0.6 is 21.6 Å². The lowest BCUT2D eigenvalue weighted by Gasteiger charge is -2.66. The molecule has 17 atom stereocenters. The molecule has 6 N–H and O–H groups in total. The van der Waals surface area contributed by atoms with Crippen LogP contribution in [0.1, 0.15) is 130 Å². The Morgan fingerprint density at radius 2 is 1.76 bits per heavy atom. The minimum absolute atomic E-state index is 0.00393. The van der Waals surface area contributed by atoms with Gasteiger partial charge in [-0.05, 0) is 147 Å². The summed E-state index contributed by atoms with van der Waals surface area (Å²) >= 11 is 0. The molecule has 1 amide bonds. The lowest BCUT2D eigenvalue weighted by atomic mass is 9.39. The van der Waals surface area contributed by atoms with Crippen molar-refractivity contribution < 1.29 is 45.0 Å². The number of aliphatic hydroxyl groups excluding tert-OH is 3. The Kier molecular flexibility index (Phi) is 12.4. The quantitative estimate of drug-likeness (QED) is 0.0643. The lowest BCUT2D eigenvalue weighted by Crippen LogP contribution is -2.68. The highest BCUT2D eigenvalue weighted by molar-refractivity contribution is 8.76. The molecule has 10 nitrogen and oxygen atoms in total. The zero-order valence-corrected chi connectivity index (χ0v) is 41.6. The van der Waals surface area contributed by atoms with E-state index < -0.39 is 51.2 Å². The third kappa shape index (κ3) is 6.69. The van der Waals surface area contributed by atoms with Gasteiger partial charge >= 0.3 is 0 Å². The number of rotatable bonds is 8. The standard InChI is InChI=1S/C54H77NO9S2/c1-6-7-8-11-35-27-55-38-20-33(21-39(57)23-38)15-18-51-34-14-10-17-52(62,47-46(64-47)32(4)31(2)3)44(51)16-19-53(51,63)41-24-45(60)50(26-43(59)42(58)25-49(50,5)40(41)22-34)30-66-65-29-37-13-9-12-36(28-56)54(35,37)48(55)61/h10,14,20-21,23-24,31-32,34-37,40,42-44,46-47,56-59,62-63H,6-9,11-13,15-19,22,25-30H2,1-5H3. The predicted molar refractivity (Wildman–Crippen MR) is 260 cm³/mol. The number of unbranched alkanes of at least 4 members (excludes halogenated alkanes) is 2. The smallest absolute Gasteiger partial charge is 0.234 e. The molecule has 11 aliphatic rings. The molecule has 5 aliphatic heterocycles. The van der Waals surface area contributed by atoms with Gasteiger partial charge in [-0.15, -0.1) is 0 Å². The average molecular weight is 948 g/mol. The van der Waals surface area contributed by atoms with Crippen molar-refractivity contribution in [3.63, 3.8) is 0 Å². The van der Waals surface area contributed by atoms with Gasteiger partial charge in [-0.2, -0.15) is 0 Å². The molecule has 2 saturated heterocycles. The summed E-state index contributed by atoms with van der Waals surface area (Å²) in [6.07, 6.45) is 13.3. The van der Waals surface area contributed by atoms with Gasteiger partial charge in [0.1, 0.15) is 17.5 Å². The number of aryl methyl sites for hydroxylation is 1. The van der Waals surface area contributed by atoms with E-state index in [0.29, 0.717) is 68.2 Å². The van der Waals surface area contributed by atoms with Gasteiger partial charge in [0.05, 0.1) is 34.7 Å². The zero-order valence-electron chi connectivity index (χ0n) is 40.0. The van der Waals surface area contributed by atoms with Crippen LogP contribution in [0.3, 0.4) is 0 Å². The van der Waals surface area contributed by atoms with Gasteiger partial charge in [-0.25, -0.2) is 0 Å². The largest absolute Gasteiger partial charge is 0.508 e. The summed E-state index contributed by atoms with van der Waals surface area (Å²) in [6, 6.07) is 5.57. The molecule has 5 heterocycles. The average Bonchev–Trinajstić information content (AvgIpc) is 3.98. The van der Waals surface area contributed by atoms with Crippen LogP contribution in [0.25, 0.3) is 0 Å². The van der Waals surface area contributed by atoms with E-state index >= 15 is 9.59 Å². The summed E-state index contributed by atoms with van der Waals surface area (Å²) in [6.45, 7) is 11.4. The molecule has 0 aromatic heterocycles. The molecule has 1 aromatic carbocycles. The third-order valence-electron chi connectivity index (χ3n) is 20.7. The number of aromatic hydroxyl groups is 1. The van der Waals surface area contributed by atoms with Gasteiger partial charge in [0.15, 0.2) is 5.78 Å². The van der Waals surface area contributed by atoms with Crippen LogP contribution in [0.5, 0.6) is 5.75 Å². The number of carbonyl (C=O) groups excluding carboxylic acids is 2. The fourth-order valence-electron chi connectivity index (χ4n) is 17.0. The second-order valence-corrected chi connectivity index (χ2v) is 26.1. The molecule has 6 fully saturated rings. The number of hydrogen-bond donors (Lipinski definition) is 6. The number of ether oxygens (including phenoxy) is 1. The topological polar surface area (TPSA) is 171 Å². The number of ketones is 1. The molecule has 17 unspecified atom stereocenters. The number of phenolic OH excluding ortho intramolecular Hbond substituents is 1. The number of aliphatic hydroxyl groups is 5. The number of epoxide rings is 1. The van der Waals surface area contributed by atoms with Gasteiger partial charge in [0, 0.05) is 47.7 Å². The Morgan fingerprint density at radius 3 is 2.52 bits per heavy atom. The van der Waals surface area contributed by atoms with Crippen molar-refractivity contribution in [1.29, 1.82) is 0 Å². The number of phenols is 1. The number of amides is 1. The summed E-state index contributed by atoms with van der Waals surface area (Å²) < 4.78 is 6.52. The maximum Gasteiger partial charge on any atom is 0.234 e. The van der Waals surface area contributed by atoms with Crippen molar-refractivity contribution in [2.45, 2.75) is 167 Å². The van der Waals surface area contributed by atoms with Gasteiger partial charge in [0.2, 0.25) is 5.91 Å². The summed E-state index contributed by atoms with van der Waals surface area (Å²) in [5.41, 5.74) is -4.01. The summed E-state index contributed by atoms with van der Waals surface area (Å²) in [5.74, 6) is 0.684. The first-order valence-corrected chi connectivity index (χ1v) is 28.3. The number of allylic oxidation sites excluding steroid dienone is 2. The van der Waals surface area contributed by atoms with Gasteiger partial charge < -0.3 is 40.3 Å². The lowest BCUT2D eigenvalue weighted by molar-refractivity contribution is -0.194. The molecule has 3 spiro atoms. The highest BCUT2D eigenvalue weighted by Gasteiger charge is 2.77. The molecular weight excluding hydrogens is 871 g/mol. The molecule has 12 heteroatoms. The number of benzene rings is 1. The Bertz CT molecular complexity index is 2130. The summed E-state index contributed by atoms with van der Waals surface area (Å²) in [7, 11) is 3.35. The van der Waals surface area contributed by atoms with Gasteiger partial charge in [-0.3, -0.25) is 9.59 Å². The van der Waals surface area contributed by atoms with E-state index in [2.05, 4.69) is 52.8 Å². The molecule has 66 heavy (non-hydrogen) atoms. The van der Waals surface area contributed by atoms with E-state index in [-0.39, 0.29) is 84.4 Å². The zero-order chi connectivity index (χ0) is 46.8. The van der Waals surface area contributed by atoms with Crippen molar-refractivity contribution in [2.24, 2.45) is 69.0 Å². The molecule has 364 valence electrons. The van der Waals surface area contributed by atoms with Crippen LogP contribution in [0, 0.1) is 69.0 Å². The van der Waals surface area contributed by atoms with Crippen LogP contribution in [0.15, 0.2) is 42.0 Å². The van der Waals surface area contributed by atoms with Crippen LogP contribution in [0.4, 0.5) is 5.69 Å². The maximum absolute atomic E-state index is 15.6. The van der Waals surface area contributed by atoms with Crippen LogP contribution in [0.2, 0.25) is 0 Å². The number of anilines is 1. The van der Waals surface area contributed by atoms with Crippen molar-refractivity contribution >= 4 is 39.0 Å². The molecule has 8 bridgehead atoms. The maximum atomic E-state index is 15.6. The van der Waals surface area contributed by atoms with E-state index in [1.807, 2.05) is 4.90 Å². The Labute approximate surface area is 400 Å². The van der Waals surface area contributed by atoms with Crippen molar-refractivity contribution in [2.75, 3.05) is 29.6 Å². The normalized spacial score (nSPS) is 46.8. The van der Waals surface area contributed by atoms with Gasteiger partial charge in [-0.1, -0.05) is 94.0 Å². The van der Waals surface area contributed by atoms with Gasteiger partial charge in [0.25, 0.3) is 0 Å². The van der Waals surface area contributed by atoms with Crippen molar-refractivity contribution in [3.05, 3.63) is 47.6 Å². The van der Waals surface area contributed by atoms with E-state index in [1.54, 1.807) is 39.8 Å². The molecule has 1 aromatic rings. The Hall–Kier alpha value is -1.90. The third-order valence-corrected chi connectivity index (χ3v) is 23.3. The monoisotopic (exact) mass is 948 g/mol. The first-order chi connectivity index (χ1) is 31.5. The Balaban J connectivity index is 1.14. The van der Waals surface area contributed by atoms with Crippen molar-refractivity contribution in [1.82, 2.24) is 0 Å². The molecule has 0 radical (unpaired) electrons. The molecule has 4 saturated carbocycles. The highest BCUT2D eigenvalue weighted by atomic mass is 33.1. The van der Waals surface area contributed by atoms with Crippen molar-refractivity contribution in [3.8, 4) is 5.75 Å². The Morgan fingerprint density at radius 1 is 0.970 bits per heavy atom. The van der Waals surface area contributed by atoms with Crippen LogP contribution in [-0.2, 0) is 20.7 Å². The highest BCUT2D eigenvalue weighted by Crippen LogP contribution is 2.75. The predicted octanol–water partition coefficient (Wildman–Crippen LogP) is 8.19. The van der Waals surface area contributed by atoms with E-state index in [9.17, 15) is 30.6 Å². The minimum Gasteiger partial charge on any atom is -0.508 e. The number of fused-ring (bicyclic) bond motifs is 1. The summed E-state index contributed by atoms with van der Waals surface area (Å²) in [4.78, 5) is 33.0. The van der Waals surface area contributed by atoms with Crippen LogP contribution in [-0.4, -0.2) is 103 Å².